The fourth-order valence-electron chi connectivity index (χ4n) is 2.55. The van der Waals surface area contributed by atoms with Gasteiger partial charge in [-0.05, 0) is 35.9 Å². The minimum absolute atomic E-state index is 0.0953. The van der Waals surface area contributed by atoms with E-state index in [1.807, 2.05) is 38.4 Å². The highest BCUT2D eigenvalue weighted by Gasteiger charge is 2.16. The molecule has 2 rings (SSSR count). The summed E-state index contributed by atoms with van der Waals surface area (Å²) in [6.07, 6.45) is 2.39. The van der Waals surface area contributed by atoms with Crippen LogP contribution in [0.1, 0.15) is 22.3 Å². The SMILES string of the molecule is C[NH+](C)CCCNC(=O)/C(=C/c1ccc(Br)cc1)NC(=O)c1ccc([N+](=O)[O-])cc1. The van der Waals surface area contributed by atoms with Gasteiger partial charge in [-0.2, -0.15) is 0 Å². The Morgan fingerprint density at radius 2 is 1.73 bits per heavy atom. The number of nitrogens with zero attached hydrogens (tertiary/aromatic N) is 1. The van der Waals surface area contributed by atoms with Crippen LogP contribution in [-0.2, 0) is 4.79 Å². The molecule has 0 atom stereocenters. The number of hydrogen-bond donors (Lipinski definition) is 3. The third-order valence-electron chi connectivity index (χ3n) is 4.15. The molecule has 8 nitrogen and oxygen atoms in total. The van der Waals surface area contributed by atoms with Crippen molar-refractivity contribution in [2.45, 2.75) is 6.42 Å². The number of nitro groups is 1. The van der Waals surface area contributed by atoms with Gasteiger partial charge in [0.15, 0.2) is 0 Å². The molecule has 2 aromatic carbocycles. The molecule has 0 saturated heterocycles. The molecular weight excluding hydrogens is 452 g/mol. The van der Waals surface area contributed by atoms with Crippen molar-refractivity contribution in [2.75, 3.05) is 27.2 Å². The summed E-state index contributed by atoms with van der Waals surface area (Å²) in [4.78, 5) is 36.8. The summed E-state index contributed by atoms with van der Waals surface area (Å²) in [6, 6.07) is 12.5. The third-order valence-corrected chi connectivity index (χ3v) is 4.68. The summed E-state index contributed by atoms with van der Waals surface area (Å²) >= 11 is 3.36. The summed E-state index contributed by atoms with van der Waals surface area (Å²) in [6.45, 7) is 1.39. The number of non-ortho nitro benzene ring substituents is 1. The molecule has 0 aliphatic rings. The average molecular weight is 476 g/mol. The predicted molar refractivity (Wildman–Crippen MR) is 118 cm³/mol. The van der Waals surface area contributed by atoms with Crippen LogP contribution in [0.15, 0.2) is 58.7 Å². The highest BCUT2D eigenvalue weighted by Crippen LogP contribution is 2.14. The van der Waals surface area contributed by atoms with Gasteiger partial charge in [0, 0.05) is 35.1 Å². The first-order valence-corrected chi connectivity index (χ1v) is 10.2. The molecular formula is C21H24BrN4O4+. The minimum Gasteiger partial charge on any atom is -0.351 e. The van der Waals surface area contributed by atoms with E-state index in [0.717, 1.165) is 23.0 Å². The van der Waals surface area contributed by atoms with Crippen LogP contribution in [0.2, 0.25) is 0 Å². The highest BCUT2D eigenvalue weighted by molar-refractivity contribution is 9.10. The molecule has 0 spiro atoms. The Bertz CT molecular complexity index is 925. The van der Waals surface area contributed by atoms with Gasteiger partial charge in [0.2, 0.25) is 0 Å². The molecule has 0 aliphatic heterocycles. The van der Waals surface area contributed by atoms with Crippen LogP contribution in [0.3, 0.4) is 0 Å². The van der Waals surface area contributed by atoms with Crippen LogP contribution in [-0.4, -0.2) is 43.9 Å². The fraction of sp³-hybridized carbons (Fsp3) is 0.238. The monoisotopic (exact) mass is 475 g/mol. The second-order valence-electron chi connectivity index (χ2n) is 6.93. The maximum atomic E-state index is 12.7. The van der Waals surface area contributed by atoms with Crippen molar-refractivity contribution in [3.05, 3.63) is 79.9 Å². The van der Waals surface area contributed by atoms with Crippen molar-refractivity contribution in [1.29, 1.82) is 0 Å². The van der Waals surface area contributed by atoms with Crippen LogP contribution in [0.4, 0.5) is 5.69 Å². The van der Waals surface area contributed by atoms with Gasteiger partial charge in [-0.15, -0.1) is 0 Å². The number of quaternary nitrogens is 1. The Morgan fingerprint density at radius 3 is 2.30 bits per heavy atom. The molecule has 2 aromatic rings. The summed E-state index contributed by atoms with van der Waals surface area (Å²) in [5, 5.41) is 16.2. The van der Waals surface area contributed by atoms with E-state index in [0.29, 0.717) is 6.54 Å². The summed E-state index contributed by atoms with van der Waals surface area (Å²) in [7, 11) is 4.07. The number of hydrogen-bond acceptors (Lipinski definition) is 4. The van der Waals surface area contributed by atoms with Gasteiger partial charge in [-0.25, -0.2) is 0 Å². The van der Waals surface area contributed by atoms with Crippen LogP contribution in [0.25, 0.3) is 6.08 Å². The van der Waals surface area contributed by atoms with Gasteiger partial charge in [0.1, 0.15) is 5.70 Å². The smallest absolute Gasteiger partial charge is 0.269 e. The van der Waals surface area contributed by atoms with Crippen molar-refractivity contribution < 1.29 is 19.4 Å². The number of amides is 2. The van der Waals surface area contributed by atoms with Crippen LogP contribution >= 0.6 is 15.9 Å². The van der Waals surface area contributed by atoms with Crippen molar-refractivity contribution in [1.82, 2.24) is 10.6 Å². The number of rotatable bonds is 9. The minimum atomic E-state index is -0.538. The van der Waals surface area contributed by atoms with Crippen molar-refractivity contribution in [2.24, 2.45) is 0 Å². The quantitative estimate of drug-likeness (QED) is 0.222. The van der Waals surface area contributed by atoms with E-state index in [1.54, 1.807) is 6.08 Å². The predicted octanol–water partition coefficient (Wildman–Crippen LogP) is 1.78. The summed E-state index contributed by atoms with van der Waals surface area (Å²) in [5.41, 5.74) is 0.937. The summed E-state index contributed by atoms with van der Waals surface area (Å²) < 4.78 is 0.895. The molecule has 0 unspecified atom stereocenters. The van der Waals surface area contributed by atoms with E-state index in [4.69, 9.17) is 0 Å². The standard InChI is InChI=1S/C21H23BrN4O4/c1-25(2)13-3-12-23-21(28)19(14-15-4-8-17(22)9-5-15)24-20(27)16-6-10-18(11-7-16)26(29)30/h4-11,14H,3,12-13H2,1-2H3,(H,23,28)(H,24,27)/p+1/b19-14-. The number of nitro benzene ring substituents is 1. The Morgan fingerprint density at radius 1 is 1.10 bits per heavy atom. The maximum absolute atomic E-state index is 12.7. The fourth-order valence-corrected chi connectivity index (χ4v) is 2.82. The molecule has 0 aliphatic carbocycles. The molecule has 0 heterocycles. The first-order valence-electron chi connectivity index (χ1n) is 9.36. The van der Waals surface area contributed by atoms with Crippen LogP contribution in [0, 0.1) is 10.1 Å². The van der Waals surface area contributed by atoms with E-state index in [9.17, 15) is 19.7 Å². The molecule has 0 bridgehead atoms. The van der Waals surface area contributed by atoms with Crippen LogP contribution < -0.4 is 15.5 Å². The lowest BCUT2D eigenvalue weighted by atomic mass is 10.1. The van der Waals surface area contributed by atoms with Crippen molar-refractivity contribution >= 4 is 39.5 Å². The lowest BCUT2D eigenvalue weighted by Crippen LogP contribution is -3.05. The lowest BCUT2D eigenvalue weighted by Gasteiger charge is -2.12. The second kappa shape index (κ2) is 11.2. The van der Waals surface area contributed by atoms with E-state index in [-0.39, 0.29) is 16.9 Å². The van der Waals surface area contributed by atoms with Gasteiger partial charge >= 0.3 is 0 Å². The number of carbonyl (C=O) groups excluding carboxylic acids is 2. The summed E-state index contributed by atoms with van der Waals surface area (Å²) in [5.74, 6) is -0.928. The molecule has 0 saturated carbocycles. The molecule has 30 heavy (non-hydrogen) atoms. The van der Waals surface area contributed by atoms with Crippen molar-refractivity contribution in [3.63, 3.8) is 0 Å². The normalized spacial score (nSPS) is 11.3. The first-order chi connectivity index (χ1) is 14.3. The van der Waals surface area contributed by atoms with Gasteiger partial charge < -0.3 is 15.5 Å². The Kier molecular flexibility index (Phi) is 8.70. The lowest BCUT2D eigenvalue weighted by molar-refractivity contribution is -0.858. The zero-order chi connectivity index (χ0) is 22.1. The van der Waals surface area contributed by atoms with E-state index >= 15 is 0 Å². The Labute approximate surface area is 183 Å². The first kappa shape index (κ1) is 23.2. The second-order valence-corrected chi connectivity index (χ2v) is 7.85. The van der Waals surface area contributed by atoms with E-state index in [1.165, 1.54) is 29.2 Å². The average Bonchev–Trinajstić information content (AvgIpc) is 2.72. The number of carbonyl (C=O) groups is 2. The number of halogens is 1. The van der Waals surface area contributed by atoms with Gasteiger partial charge in [0.25, 0.3) is 17.5 Å². The zero-order valence-corrected chi connectivity index (χ0v) is 18.4. The number of nitrogens with one attached hydrogen (secondary N) is 3. The molecule has 0 radical (unpaired) electrons. The third kappa shape index (κ3) is 7.41. The zero-order valence-electron chi connectivity index (χ0n) is 16.8. The Balaban J connectivity index is 2.17. The molecule has 2 amide bonds. The van der Waals surface area contributed by atoms with Gasteiger partial charge in [-0.1, -0.05) is 28.1 Å². The highest BCUT2D eigenvalue weighted by atomic mass is 79.9. The molecule has 9 heteroatoms. The number of benzene rings is 2. The molecule has 0 aromatic heterocycles. The van der Waals surface area contributed by atoms with Gasteiger partial charge in [0.05, 0.1) is 25.6 Å². The topological polar surface area (TPSA) is 106 Å². The van der Waals surface area contributed by atoms with Crippen molar-refractivity contribution in [3.8, 4) is 0 Å². The van der Waals surface area contributed by atoms with Gasteiger partial charge in [-0.3, -0.25) is 19.7 Å². The Hall–Kier alpha value is -3.04. The van der Waals surface area contributed by atoms with E-state index in [2.05, 4.69) is 26.6 Å². The molecule has 0 fully saturated rings. The molecule has 158 valence electrons. The van der Waals surface area contributed by atoms with E-state index < -0.39 is 16.7 Å². The largest absolute Gasteiger partial charge is 0.351 e. The van der Waals surface area contributed by atoms with Crippen LogP contribution in [0.5, 0.6) is 0 Å². The maximum Gasteiger partial charge on any atom is 0.269 e. The molecule has 3 N–H and O–H groups in total.